The Hall–Kier alpha value is -2.95. The van der Waals surface area contributed by atoms with Crippen molar-refractivity contribution in [2.24, 2.45) is 0 Å². The third-order valence-corrected chi connectivity index (χ3v) is 4.23. The zero-order valence-corrected chi connectivity index (χ0v) is 14.5. The topological polar surface area (TPSA) is 63.4 Å². The van der Waals surface area contributed by atoms with Gasteiger partial charge in [-0.15, -0.1) is 0 Å². The fourth-order valence-corrected chi connectivity index (χ4v) is 2.93. The summed E-state index contributed by atoms with van der Waals surface area (Å²) in [4.78, 5) is 15.4. The van der Waals surface area contributed by atoms with Gasteiger partial charge in [-0.3, -0.25) is 4.79 Å². The Labute approximate surface area is 147 Å². The molecule has 0 saturated heterocycles. The number of hydrogen-bond acceptors (Lipinski definition) is 3. The fraction of sp³-hybridized carbons (Fsp3) is 0.250. The summed E-state index contributed by atoms with van der Waals surface area (Å²) >= 11 is 0. The van der Waals surface area contributed by atoms with Gasteiger partial charge in [-0.2, -0.15) is 0 Å². The van der Waals surface area contributed by atoms with Crippen molar-refractivity contribution in [3.63, 3.8) is 0 Å². The second kappa shape index (κ2) is 7.75. The Morgan fingerprint density at radius 1 is 1.08 bits per heavy atom. The van der Waals surface area contributed by atoms with Gasteiger partial charge in [-0.25, -0.2) is 0 Å². The molecule has 0 unspecified atom stereocenters. The minimum atomic E-state index is 0.00613. The molecule has 5 heteroatoms. The number of methoxy groups -OCH3 is 2. The molecule has 3 rings (SSSR count). The molecular weight excluding hydrogens is 316 g/mol. The molecule has 0 bridgehead atoms. The number of aromatic amines is 1. The minimum Gasteiger partial charge on any atom is -0.497 e. The average Bonchev–Trinajstić information content (AvgIpc) is 3.04. The van der Waals surface area contributed by atoms with Crippen LogP contribution < -0.4 is 14.8 Å². The van der Waals surface area contributed by atoms with Crippen LogP contribution in [-0.4, -0.2) is 31.7 Å². The lowest BCUT2D eigenvalue weighted by Gasteiger charge is -2.11. The van der Waals surface area contributed by atoms with E-state index in [-0.39, 0.29) is 5.91 Å². The Morgan fingerprint density at radius 3 is 2.72 bits per heavy atom. The van der Waals surface area contributed by atoms with Crippen molar-refractivity contribution in [1.82, 2.24) is 10.3 Å². The lowest BCUT2D eigenvalue weighted by Crippen LogP contribution is -2.27. The molecule has 1 aromatic heterocycles. The van der Waals surface area contributed by atoms with Crippen molar-refractivity contribution in [1.29, 1.82) is 0 Å². The maximum Gasteiger partial charge on any atom is 0.224 e. The normalized spacial score (nSPS) is 10.6. The smallest absolute Gasteiger partial charge is 0.224 e. The van der Waals surface area contributed by atoms with E-state index in [1.54, 1.807) is 14.2 Å². The van der Waals surface area contributed by atoms with E-state index < -0.39 is 0 Å². The van der Waals surface area contributed by atoms with Gasteiger partial charge in [-0.1, -0.05) is 18.2 Å². The Balaban J connectivity index is 1.58. The molecule has 0 radical (unpaired) electrons. The molecule has 3 aromatic rings. The highest BCUT2D eigenvalue weighted by atomic mass is 16.5. The monoisotopic (exact) mass is 338 g/mol. The Kier molecular flexibility index (Phi) is 5.23. The molecule has 130 valence electrons. The maximum atomic E-state index is 12.2. The van der Waals surface area contributed by atoms with Crippen molar-refractivity contribution in [3.8, 4) is 11.5 Å². The van der Waals surface area contributed by atoms with E-state index in [1.807, 2.05) is 48.7 Å². The first-order valence-electron chi connectivity index (χ1n) is 8.24. The first-order valence-corrected chi connectivity index (χ1v) is 8.24. The van der Waals surface area contributed by atoms with Gasteiger partial charge in [0.2, 0.25) is 5.91 Å². The highest BCUT2D eigenvalue weighted by Gasteiger charge is 2.09. The molecule has 0 spiro atoms. The van der Waals surface area contributed by atoms with Gasteiger partial charge in [0.1, 0.15) is 11.5 Å². The molecule has 1 amide bonds. The van der Waals surface area contributed by atoms with Crippen LogP contribution in [0.1, 0.15) is 11.1 Å². The number of fused-ring (bicyclic) bond motifs is 1. The molecule has 1 heterocycles. The van der Waals surface area contributed by atoms with Gasteiger partial charge in [0.15, 0.2) is 0 Å². The van der Waals surface area contributed by atoms with Crippen molar-refractivity contribution >= 4 is 16.8 Å². The zero-order valence-electron chi connectivity index (χ0n) is 14.5. The van der Waals surface area contributed by atoms with Crippen LogP contribution in [0.4, 0.5) is 0 Å². The van der Waals surface area contributed by atoms with E-state index in [0.717, 1.165) is 33.5 Å². The number of rotatable bonds is 7. The van der Waals surface area contributed by atoms with E-state index in [0.29, 0.717) is 19.4 Å². The summed E-state index contributed by atoms with van der Waals surface area (Å²) in [6, 6.07) is 13.7. The molecule has 0 fully saturated rings. The van der Waals surface area contributed by atoms with Gasteiger partial charge >= 0.3 is 0 Å². The second-order valence-corrected chi connectivity index (χ2v) is 5.81. The number of H-pyrrole nitrogens is 1. The van der Waals surface area contributed by atoms with E-state index in [9.17, 15) is 4.79 Å². The highest BCUT2D eigenvalue weighted by Crippen LogP contribution is 2.24. The molecule has 2 aromatic carbocycles. The number of benzene rings is 2. The van der Waals surface area contributed by atoms with E-state index in [4.69, 9.17) is 9.47 Å². The standard InChI is InChI=1S/C20H22N2O3/c1-24-16-7-8-19(25-2)14(11-16)9-10-21-20(23)12-15-13-22-18-6-4-3-5-17(15)18/h3-8,11,13,22H,9-10,12H2,1-2H3,(H,21,23). The number of carbonyl (C=O) groups is 1. The summed E-state index contributed by atoms with van der Waals surface area (Å²) in [7, 11) is 3.27. The van der Waals surface area contributed by atoms with Crippen LogP contribution in [0, 0.1) is 0 Å². The van der Waals surface area contributed by atoms with Gasteiger partial charge < -0.3 is 19.8 Å². The number of ether oxygens (including phenoxy) is 2. The first kappa shape index (κ1) is 16.9. The predicted molar refractivity (Wildman–Crippen MR) is 98.3 cm³/mol. The van der Waals surface area contributed by atoms with Crippen molar-refractivity contribution in [3.05, 3.63) is 59.8 Å². The fourth-order valence-electron chi connectivity index (χ4n) is 2.93. The number of nitrogens with one attached hydrogen (secondary N) is 2. The molecule has 0 aliphatic rings. The first-order chi connectivity index (χ1) is 12.2. The number of amides is 1. The average molecular weight is 338 g/mol. The number of hydrogen-bond donors (Lipinski definition) is 2. The summed E-state index contributed by atoms with van der Waals surface area (Å²) < 4.78 is 10.6. The molecule has 0 aliphatic heterocycles. The minimum absolute atomic E-state index is 0.00613. The van der Waals surface area contributed by atoms with E-state index in [1.165, 1.54) is 0 Å². The van der Waals surface area contributed by atoms with Crippen LogP contribution in [0.5, 0.6) is 11.5 Å². The Morgan fingerprint density at radius 2 is 1.92 bits per heavy atom. The molecule has 0 saturated carbocycles. The van der Waals surface area contributed by atoms with Crippen LogP contribution in [0.3, 0.4) is 0 Å². The van der Waals surface area contributed by atoms with E-state index >= 15 is 0 Å². The lowest BCUT2D eigenvalue weighted by molar-refractivity contribution is -0.120. The largest absolute Gasteiger partial charge is 0.497 e. The zero-order chi connectivity index (χ0) is 17.6. The van der Waals surface area contributed by atoms with Crippen molar-refractivity contribution in [2.45, 2.75) is 12.8 Å². The molecule has 2 N–H and O–H groups in total. The van der Waals surface area contributed by atoms with Gasteiger partial charge in [0, 0.05) is 23.6 Å². The van der Waals surface area contributed by atoms with Gasteiger partial charge in [-0.05, 0) is 41.8 Å². The van der Waals surface area contributed by atoms with Crippen LogP contribution in [-0.2, 0) is 17.6 Å². The van der Waals surface area contributed by atoms with Gasteiger partial charge in [0.05, 0.1) is 20.6 Å². The number of aromatic nitrogens is 1. The quantitative estimate of drug-likeness (QED) is 0.696. The molecular formula is C20H22N2O3. The summed E-state index contributed by atoms with van der Waals surface area (Å²) in [5.41, 5.74) is 3.06. The van der Waals surface area contributed by atoms with Crippen molar-refractivity contribution < 1.29 is 14.3 Å². The predicted octanol–water partition coefficient (Wildman–Crippen LogP) is 3.09. The second-order valence-electron chi connectivity index (χ2n) is 5.81. The third kappa shape index (κ3) is 3.94. The number of carbonyl (C=O) groups excluding carboxylic acids is 1. The van der Waals surface area contributed by atoms with Crippen molar-refractivity contribution in [2.75, 3.05) is 20.8 Å². The number of para-hydroxylation sites is 1. The summed E-state index contributed by atoms with van der Waals surface area (Å²) in [5.74, 6) is 1.58. The summed E-state index contributed by atoms with van der Waals surface area (Å²) in [6.07, 6.45) is 2.94. The highest BCUT2D eigenvalue weighted by molar-refractivity contribution is 5.88. The summed E-state index contributed by atoms with van der Waals surface area (Å²) in [5, 5.41) is 4.06. The Bertz CT molecular complexity index is 870. The SMILES string of the molecule is COc1ccc(OC)c(CCNC(=O)Cc2c[nH]c3ccccc23)c1. The lowest BCUT2D eigenvalue weighted by atomic mass is 10.1. The molecule has 0 atom stereocenters. The molecule has 25 heavy (non-hydrogen) atoms. The maximum absolute atomic E-state index is 12.2. The molecule has 0 aliphatic carbocycles. The van der Waals surface area contributed by atoms with Gasteiger partial charge in [0.25, 0.3) is 0 Å². The van der Waals surface area contributed by atoms with Crippen LogP contribution in [0.2, 0.25) is 0 Å². The van der Waals surface area contributed by atoms with Crippen LogP contribution in [0.25, 0.3) is 10.9 Å². The molecule has 5 nitrogen and oxygen atoms in total. The third-order valence-electron chi connectivity index (χ3n) is 4.23. The van der Waals surface area contributed by atoms with E-state index in [2.05, 4.69) is 10.3 Å². The summed E-state index contributed by atoms with van der Waals surface area (Å²) in [6.45, 7) is 0.546. The van der Waals surface area contributed by atoms with Crippen LogP contribution in [0.15, 0.2) is 48.7 Å². The van der Waals surface area contributed by atoms with Crippen LogP contribution >= 0.6 is 0 Å².